The zero-order valence-corrected chi connectivity index (χ0v) is 17.8. The summed E-state index contributed by atoms with van der Waals surface area (Å²) in [6, 6.07) is 8.49. The molecule has 8 heteroatoms. The zero-order chi connectivity index (χ0) is 20.5. The van der Waals surface area contributed by atoms with Crippen LogP contribution in [0.3, 0.4) is 0 Å². The molecule has 29 heavy (non-hydrogen) atoms. The topological polar surface area (TPSA) is 79.6 Å². The summed E-state index contributed by atoms with van der Waals surface area (Å²) in [4.78, 5) is 7.21. The van der Waals surface area contributed by atoms with Crippen molar-refractivity contribution in [3.63, 3.8) is 0 Å². The van der Waals surface area contributed by atoms with Crippen molar-refractivity contribution in [2.45, 2.75) is 33.4 Å². The van der Waals surface area contributed by atoms with Gasteiger partial charge in [0, 0.05) is 26.7 Å². The molecule has 0 bridgehead atoms. The van der Waals surface area contributed by atoms with Gasteiger partial charge in [-0.25, -0.2) is 4.99 Å². The molecule has 2 heterocycles. The molecular formula is C21H33N7O. The molecule has 8 nitrogen and oxygen atoms in total. The highest BCUT2D eigenvalue weighted by atomic mass is 16.5. The molecule has 1 aromatic carbocycles. The van der Waals surface area contributed by atoms with E-state index in [-0.39, 0.29) is 0 Å². The average Bonchev–Trinajstić information content (AvgIpc) is 3.06. The summed E-state index contributed by atoms with van der Waals surface area (Å²) >= 11 is 0. The fourth-order valence-electron chi connectivity index (χ4n) is 3.14. The van der Waals surface area contributed by atoms with Crippen molar-refractivity contribution < 1.29 is 4.74 Å². The molecule has 0 aliphatic carbocycles. The maximum absolute atomic E-state index is 5.41. The van der Waals surface area contributed by atoms with Gasteiger partial charge in [0.2, 0.25) is 0 Å². The van der Waals surface area contributed by atoms with E-state index in [1.807, 2.05) is 18.5 Å². The van der Waals surface area contributed by atoms with Crippen molar-refractivity contribution in [3.05, 3.63) is 47.0 Å². The van der Waals surface area contributed by atoms with Crippen molar-refractivity contribution in [2.75, 3.05) is 39.4 Å². The molecule has 1 fully saturated rings. The van der Waals surface area contributed by atoms with E-state index in [0.29, 0.717) is 13.1 Å². The maximum atomic E-state index is 5.41. The minimum atomic E-state index is 0.584. The van der Waals surface area contributed by atoms with E-state index in [1.54, 1.807) is 0 Å². The molecule has 0 spiro atoms. The van der Waals surface area contributed by atoms with Crippen molar-refractivity contribution in [2.24, 2.45) is 12.0 Å². The molecule has 2 N–H and O–H groups in total. The lowest BCUT2D eigenvalue weighted by Gasteiger charge is -2.26. The first kappa shape index (κ1) is 21.3. The van der Waals surface area contributed by atoms with E-state index in [1.165, 1.54) is 11.1 Å². The number of benzene rings is 1. The highest BCUT2D eigenvalue weighted by Crippen LogP contribution is 2.04. The van der Waals surface area contributed by atoms with Crippen LogP contribution in [0.1, 0.15) is 29.2 Å². The standard InChI is InChI=1S/C21H33N7O/c1-17-5-7-19(8-6-17)15-23-21(24-16-20-26-25-18(2)27(20)3)22-9-4-10-28-11-13-29-14-12-28/h5-8H,4,9-16H2,1-3H3,(H2,22,23,24). The number of aromatic nitrogens is 3. The highest BCUT2D eigenvalue weighted by molar-refractivity contribution is 5.79. The van der Waals surface area contributed by atoms with Crippen molar-refractivity contribution in [1.82, 2.24) is 30.3 Å². The second-order valence-electron chi connectivity index (χ2n) is 7.46. The predicted octanol–water partition coefficient (Wildman–Crippen LogP) is 1.39. The van der Waals surface area contributed by atoms with Crippen LogP contribution >= 0.6 is 0 Å². The SMILES string of the molecule is Cc1ccc(CN=C(NCCCN2CCOCC2)NCc2nnc(C)n2C)cc1. The average molecular weight is 400 g/mol. The Bertz CT molecular complexity index is 779. The van der Waals surface area contributed by atoms with Crippen molar-refractivity contribution in [3.8, 4) is 0 Å². The summed E-state index contributed by atoms with van der Waals surface area (Å²) in [5, 5.41) is 15.2. The number of rotatable bonds is 8. The van der Waals surface area contributed by atoms with Crippen LogP contribution in [-0.2, 0) is 24.9 Å². The molecule has 1 aromatic heterocycles. The third kappa shape index (κ3) is 6.83. The number of hydrogen-bond donors (Lipinski definition) is 2. The van der Waals surface area contributed by atoms with Gasteiger partial charge in [-0.15, -0.1) is 10.2 Å². The third-order valence-corrected chi connectivity index (χ3v) is 5.18. The summed E-state index contributed by atoms with van der Waals surface area (Å²) < 4.78 is 7.40. The van der Waals surface area contributed by atoms with Gasteiger partial charge in [0.1, 0.15) is 5.82 Å². The lowest BCUT2D eigenvalue weighted by molar-refractivity contribution is 0.0376. The maximum Gasteiger partial charge on any atom is 0.191 e. The fourth-order valence-corrected chi connectivity index (χ4v) is 3.14. The number of morpholine rings is 1. The summed E-state index contributed by atoms with van der Waals surface area (Å²) in [6.45, 7) is 10.9. The van der Waals surface area contributed by atoms with Crippen LogP contribution in [0.5, 0.6) is 0 Å². The number of aryl methyl sites for hydroxylation is 2. The fraction of sp³-hybridized carbons (Fsp3) is 0.571. The van der Waals surface area contributed by atoms with Crippen LogP contribution < -0.4 is 10.6 Å². The van der Waals surface area contributed by atoms with E-state index in [0.717, 1.165) is 63.4 Å². The quantitative estimate of drug-likeness (QED) is 0.397. The van der Waals surface area contributed by atoms with Crippen LogP contribution in [0.15, 0.2) is 29.3 Å². The van der Waals surface area contributed by atoms with E-state index < -0.39 is 0 Å². The largest absolute Gasteiger partial charge is 0.379 e. The molecule has 0 unspecified atom stereocenters. The number of ether oxygens (including phenoxy) is 1. The Hall–Kier alpha value is -2.45. The minimum Gasteiger partial charge on any atom is -0.379 e. The van der Waals surface area contributed by atoms with E-state index in [2.05, 4.69) is 56.9 Å². The smallest absolute Gasteiger partial charge is 0.191 e. The molecular weight excluding hydrogens is 366 g/mol. The molecule has 158 valence electrons. The number of hydrogen-bond acceptors (Lipinski definition) is 5. The first-order chi connectivity index (χ1) is 14.1. The Labute approximate surface area is 173 Å². The van der Waals surface area contributed by atoms with Gasteiger partial charge in [-0.05, 0) is 32.4 Å². The van der Waals surface area contributed by atoms with Gasteiger partial charge in [0.15, 0.2) is 11.8 Å². The van der Waals surface area contributed by atoms with Crippen LogP contribution in [-0.4, -0.2) is 65.0 Å². The molecule has 0 atom stereocenters. The number of nitrogens with one attached hydrogen (secondary N) is 2. The predicted molar refractivity (Wildman–Crippen MR) is 115 cm³/mol. The molecule has 0 radical (unpaired) electrons. The second-order valence-corrected chi connectivity index (χ2v) is 7.46. The number of guanidine groups is 1. The molecule has 2 aromatic rings. The Balaban J connectivity index is 1.53. The lowest BCUT2D eigenvalue weighted by Crippen LogP contribution is -2.40. The van der Waals surface area contributed by atoms with Gasteiger partial charge < -0.3 is 19.9 Å². The first-order valence-corrected chi connectivity index (χ1v) is 10.3. The molecule has 1 saturated heterocycles. The van der Waals surface area contributed by atoms with Gasteiger partial charge in [-0.3, -0.25) is 4.90 Å². The monoisotopic (exact) mass is 399 g/mol. The van der Waals surface area contributed by atoms with Crippen LogP contribution in [0.4, 0.5) is 0 Å². The number of nitrogens with zero attached hydrogens (tertiary/aromatic N) is 5. The molecule has 1 aliphatic heterocycles. The van der Waals surface area contributed by atoms with Crippen molar-refractivity contribution in [1.29, 1.82) is 0 Å². The first-order valence-electron chi connectivity index (χ1n) is 10.3. The third-order valence-electron chi connectivity index (χ3n) is 5.18. The Kier molecular flexibility index (Phi) is 8.01. The lowest BCUT2D eigenvalue weighted by atomic mass is 10.1. The van der Waals surface area contributed by atoms with Gasteiger partial charge in [0.05, 0.1) is 26.3 Å². The zero-order valence-electron chi connectivity index (χ0n) is 17.8. The minimum absolute atomic E-state index is 0.584. The van der Waals surface area contributed by atoms with Crippen LogP contribution in [0.25, 0.3) is 0 Å². The van der Waals surface area contributed by atoms with Crippen LogP contribution in [0, 0.1) is 13.8 Å². The van der Waals surface area contributed by atoms with E-state index in [9.17, 15) is 0 Å². The van der Waals surface area contributed by atoms with Crippen molar-refractivity contribution >= 4 is 5.96 Å². The second kappa shape index (κ2) is 10.9. The summed E-state index contributed by atoms with van der Waals surface area (Å²) in [5.74, 6) is 2.59. The Morgan fingerprint density at radius 1 is 1.10 bits per heavy atom. The highest BCUT2D eigenvalue weighted by Gasteiger charge is 2.10. The molecule has 1 aliphatic rings. The Morgan fingerprint density at radius 3 is 2.55 bits per heavy atom. The molecule has 0 amide bonds. The van der Waals surface area contributed by atoms with Gasteiger partial charge in [-0.2, -0.15) is 0 Å². The van der Waals surface area contributed by atoms with E-state index in [4.69, 9.17) is 9.73 Å². The van der Waals surface area contributed by atoms with Gasteiger partial charge in [0.25, 0.3) is 0 Å². The molecule has 3 rings (SSSR count). The number of aliphatic imine (C=N–C) groups is 1. The van der Waals surface area contributed by atoms with Gasteiger partial charge in [-0.1, -0.05) is 29.8 Å². The summed E-state index contributed by atoms with van der Waals surface area (Å²) in [6.07, 6.45) is 1.06. The summed E-state index contributed by atoms with van der Waals surface area (Å²) in [7, 11) is 1.98. The van der Waals surface area contributed by atoms with Crippen LogP contribution in [0.2, 0.25) is 0 Å². The van der Waals surface area contributed by atoms with E-state index >= 15 is 0 Å². The van der Waals surface area contributed by atoms with Gasteiger partial charge >= 0.3 is 0 Å². The Morgan fingerprint density at radius 2 is 1.86 bits per heavy atom. The normalized spacial score (nSPS) is 15.5. The summed E-state index contributed by atoms with van der Waals surface area (Å²) in [5.41, 5.74) is 2.45. The molecule has 0 saturated carbocycles.